The first-order valence-electron chi connectivity index (χ1n) is 9.45. The summed E-state index contributed by atoms with van der Waals surface area (Å²) in [5, 5.41) is 41.6. The summed E-state index contributed by atoms with van der Waals surface area (Å²) in [6.07, 6.45) is 0.148. The van der Waals surface area contributed by atoms with E-state index in [0.717, 1.165) is 0 Å². The van der Waals surface area contributed by atoms with Crippen molar-refractivity contribution in [2.24, 2.45) is 5.73 Å². The van der Waals surface area contributed by atoms with E-state index in [1.807, 2.05) is 0 Å². The number of nitrogens with two attached hydrogens (primary N) is 1. The van der Waals surface area contributed by atoms with Gasteiger partial charge in [0.25, 0.3) is 0 Å². The van der Waals surface area contributed by atoms with Gasteiger partial charge in [0.15, 0.2) is 0 Å². The standard InChI is InChI=1S/C21H25N3O7/c22-16(9-12-1-5-14(26)6-2-12)19(28)23-17(10-13-3-7-15(27)8-4-13)20(29)24-18(11-25)21(30)31/h1-8,16-18,25-27H,9-11,22H2,(H,23,28)(H,24,29)(H,30,31)/t16-,17-,18-/m0/s1. The molecule has 0 aromatic heterocycles. The Balaban J connectivity index is 2.12. The van der Waals surface area contributed by atoms with Crippen molar-refractivity contribution in [3.05, 3.63) is 59.7 Å². The quantitative estimate of drug-likeness (QED) is 0.256. The minimum atomic E-state index is -1.53. The fourth-order valence-electron chi connectivity index (χ4n) is 2.79. The first kappa shape index (κ1) is 23.6. The van der Waals surface area contributed by atoms with Gasteiger partial charge in [0.05, 0.1) is 12.6 Å². The summed E-state index contributed by atoms with van der Waals surface area (Å²) in [4.78, 5) is 36.3. The van der Waals surface area contributed by atoms with Crippen LogP contribution in [0.4, 0.5) is 0 Å². The Labute approximate surface area is 178 Å². The molecule has 0 fully saturated rings. The van der Waals surface area contributed by atoms with Crippen LogP contribution in [-0.2, 0) is 27.2 Å². The molecule has 166 valence electrons. The highest BCUT2D eigenvalue weighted by atomic mass is 16.4. The number of phenols is 2. The summed E-state index contributed by atoms with van der Waals surface area (Å²) in [6, 6.07) is 8.37. The molecular formula is C21H25N3O7. The topological polar surface area (TPSA) is 182 Å². The highest BCUT2D eigenvalue weighted by Gasteiger charge is 2.28. The highest BCUT2D eigenvalue weighted by molar-refractivity contribution is 5.92. The Morgan fingerprint density at radius 1 is 0.774 bits per heavy atom. The van der Waals surface area contributed by atoms with E-state index in [0.29, 0.717) is 11.1 Å². The van der Waals surface area contributed by atoms with Gasteiger partial charge >= 0.3 is 5.97 Å². The fourth-order valence-corrected chi connectivity index (χ4v) is 2.79. The summed E-state index contributed by atoms with van der Waals surface area (Å²) >= 11 is 0. The Hall–Kier alpha value is -3.63. The fraction of sp³-hybridized carbons (Fsp3) is 0.286. The lowest BCUT2D eigenvalue weighted by Gasteiger charge is -2.22. The molecule has 2 amide bonds. The maximum Gasteiger partial charge on any atom is 0.328 e. The van der Waals surface area contributed by atoms with Gasteiger partial charge in [-0.3, -0.25) is 9.59 Å². The third-order valence-electron chi connectivity index (χ3n) is 4.54. The number of carbonyl (C=O) groups is 3. The molecular weight excluding hydrogens is 406 g/mol. The minimum Gasteiger partial charge on any atom is -0.508 e. The number of hydrogen-bond donors (Lipinski definition) is 7. The van der Waals surface area contributed by atoms with Crippen LogP contribution >= 0.6 is 0 Å². The summed E-state index contributed by atoms with van der Waals surface area (Å²) < 4.78 is 0. The average Bonchev–Trinajstić information content (AvgIpc) is 2.74. The van der Waals surface area contributed by atoms with E-state index in [1.54, 1.807) is 24.3 Å². The zero-order chi connectivity index (χ0) is 23.0. The van der Waals surface area contributed by atoms with Crippen LogP contribution in [0.5, 0.6) is 11.5 Å². The maximum atomic E-state index is 12.6. The van der Waals surface area contributed by atoms with Crippen LogP contribution in [0.25, 0.3) is 0 Å². The first-order chi connectivity index (χ1) is 14.7. The molecule has 0 aliphatic rings. The summed E-state index contributed by atoms with van der Waals surface area (Å²) in [5.41, 5.74) is 7.25. The summed E-state index contributed by atoms with van der Waals surface area (Å²) in [6.45, 7) is -0.818. The molecule has 0 bridgehead atoms. The molecule has 2 rings (SSSR count). The highest BCUT2D eigenvalue weighted by Crippen LogP contribution is 2.13. The van der Waals surface area contributed by atoms with E-state index in [2.05, 4.69) is 10.6 Å². The molecule has 2 aromatic carbocycles. The van der Waals surface area contributed by atoms with Gasteiger partial charge in [0.2, 0.25) is 11.8 Å². The van der Waals surface area contributed by atoms with Crippen LogP contribution in [0.2, 0.25) is 0 Å². The lowest BCUT2D eigenvalue weighted by molar-refractivity contribution is -0.143. The molecule has 0 saturated carbocycles. The van der Waals surface area contributed by atoms with E-state index >= 15 is 0 Å². The predicted molar refractivity (Wildman–Crippen MR) is 110 cm³/mol. The molecule has 0 aliphatic carbocycles. The predicted octanol–water partition coefficient (Wildman–Crippen LogP) is -0.743. The van der Waals surface area contributed by atoms with E-state index < -0.39 is 42.5 Å². The van der Waals surface area contributed by atoms with Crippen molar-refractivity contribution in [1.29, 1.82) is 0 Å². The van der Waals surface area contributed by atoms with Crippen molar-refractivity contribution in [2.75, 3.05) is 6.61 Å². The van der Waals surface area contributed by atoms with Gasteiger partial charge in [-0.15, -0.1) is 0 Å². The second-order valence-corrected chi connectivity index (χ2v) is 6.99. The largest absolute Gasteiger partial charge is 0.508 e. The van der Waals surface area contributed by atoms with Crippen LogP contribution in [0.3, 0.4) is 0 Å². The second-order valence-electron chi connectivity index (χ2n) is 6.99. The lowest BCUT2D eigenvalue weighted by atomic mass is 10.0. The van der Waals surface area contributed by atoms with Gasteiger partial charge in [-0.1, -0.05) is 24.3 Å². The molecule has 3 atom stereocenters. The minimum absolute atomic E-state index is 0.00154. The zero-order valence-corrected chi connectivity index (χ0v) is 16.6. The normalized spacial score (nSPS) is 13.6. The van der Waals surface area contributed by atoms with Crippen LogP contribution in [0, 0.1) is 0 Å². The monoisotopic (exact) mass is 431 g/mol. The number of nitrogens with one attached hydrogen (secondary N) is 2. The smallest absolute Gasteiger partial charge is 0.328 e. The van der Waals surface area contributed by atoms with E-state index in [1.165, 1.54) is 24.3 Å². The Morgan fingerprint density at radius 3 is 1.68 bits per heavy atom. The SMILES string of the molecule is N[C@@H](Cc1ccc(O)cc1)C(=O)N[C@@H](Cc1ccc(O)cc1)C(=O)N[C@@H](CO)C(=O)O. The maximum absolute atomic E-state index is 12.6. The molecule has 31 heavy (non-hydrogen) atoms. The van der Waals surface area contributed by atoms with Crippen LogP contribution in [0.1, 0.15) is 11.1 Å². The van der Waals surface area contributed by atoms with Gasteiger partial charge in [-0.25, -0.2) is 4.79 Å². The van der Waals surface area contributed by atoms with Crippen molar-refractivity contribution in [3.8, 4) is 11.5 Å². The summed E-state index contributed by atoms with van der Waals surface area (Å²) in [7, 11) is 0. The molecule has 10 nitrogen and oxygen atoms in total. The molecule has 2 aromatic rings. The molecule has 0 saturated heterocycles. The number of aromatic hydroxyl groups is 2. The average molecular weight is 431 g/mol. The third-order valence-corrected chi connectivity index (χ3v) is 4.54. The van der Waals surface area contributed by atoms with Gasteiger partial charge < -0.3 is 36.8 Å². The third kappa shape index (κ3) is 7.28. The van der Waals surface area contributed by atoms with E-state index in [4.69, 9.17) is 15.9 Å². The van der Waals surface area contributed by atoms with Gasteiger partial charge in [-0.2, -0.15) is 0 Å². The van der Waals surface area contributed by atoms with Crippen molar-refractivity contribution >= 4 is 17.8 Å². The number of phenolic OH excluding ortho intramolecular Hbond substituents is 2. The van der Waals surface area contributed by atoms with E-state index in [9.17, 15) is 24.6 Å². The van der Waals surface area contributed by atoms with Gasteiger partial charge in [0.1, 0.15) is 23.6 Å². The molecule has 0 unspecified atom stereocenters. The van der Waals surface area contributed by atoms with E-state index in [-0.39, 0.29) is 24.3 Å². The van der Waals surface area contributed by atoms with Crippen molar-refractivity contribution in [2.45, 2.75) is 31.0 Å². The van der Waals surface area contributed by atoms with Crippen LogP contribution in [0.15, 0.2) is 48.5 Å². The van der Waals surface area contributed by atoms with Crippen molar-refractivity contribution in [3.63, 3.8) is 0 Å². The van der Waals surface area contributed by atoms with Gasteiger partial charge in [0, 0.05) is 6.42 Å². The first-order valence-corrected chi connectivity index (χ1v) is 9.45. The second kappa shape index (κ2) is 11.0. The molecule has 0 radical (unpaired) electrons. The number of carbonyl (C=O) groups excluding carboxylic acids is 2. The molecule has 10 heteroatoms. The number of aliphatic hydroxyl groups is 1. The van der Waals surface area contributed by atoms with Gasteiger partial charge in [-0.05, 0) is 41.8 Å². The lowest BCUT2D eigenvalue weighted by Crippen LogP contribution is -2.56. The Bertz CT molecular complexity index is 900. The van der Waals surface area contributed by atoms with Crippen molar-refractivity contribution in [1.82, 2.24) is 10.6 Å². The number of carboxylic acids is 1. The van der Waals surface area contributed by atoms with Crippen LogP contribution < -0.4 is 16.4 Å². The molecule has 0 heterocycles. The number of rotatable bonds is 10. The molecule has 0 spiro atoms. The number of hydrogen-bond acceptors (Lipinski definition) is 7. The number of aliphatic hydroxyl groups excluding tert-OH is 1. The Kier molecular flexibility index (Phi) is 8.35. The number of carboxylic acid groups (broad SMARTS) is 1. The Morgan fingerprint density at radius 2 is 1.23 bits per heavy atom. The summed E-state index contributed by atoms with van der Waals surface area (Å²) in [5.74, 6) is -2.77. The number of benzene rings is 2. The molecule has 0 aliphatic heterocycles. The molecule has 8 N–H and O–H groups in total. The number of amides is 2. The zero-order valence-electron chi connectivity index (χ0n) is 16.6. The van der Waals surface area contributed by atoms with Crippen LogP contribution in [-0.4, -0.2) is 62.9 Å². The number of aliphatic carboxylic acids is 1. The van der Waals surface area contributed by atoms with Crippen molar-refractivity contribution < 1.29 is 34.8 Å².